The van der Waals surface area contributed by atoms with Crippen LogP contribution >= 0.6 is 7.52 Å². The molecule has 2 saturated heterocycles. The molecule has 0 aromatic heterocycles. The van der Waals surface area contributed by atoms with Crippen molar-refractivity contribution >= 4 is 13.5 Å². The zero-order valence-corrected chi connectivity index (χ0v) is 8.16. The Morgan fingerprint density at radius 3 is 2.57 bits per heavy atom. The molecule has 3 rings (SSSR count). The zero-order chi connectivity index (χ0) is 9.81. The van der Waals surface area contributed by atoms with Crippen LogP contribution in [-0.2, 0) is 20.3 Å². The second-order valence-electron chi connectivity index (χ2n) is 3.56. The van der Waals surface area contributed by atoms with E-state index in [0.717, 1.165) is 5.56 Å². The Bertz CT molecular complexity index is 458. The van der Waals surface area contributed by atoms with Gasteiger partial charge in [-0.3, -0.25) is 4.57 Å². The average Bonchev–Trinajstić information content (AvgIpc) is 2.65. The SMILES string of the molecule is O=C1OP2(=O)N[C@@]12Cc1ccccc1. The van der Waals surface area contributed by atoms with Crippen LogP contribution in [0.15, 0.2) is 30.3 Å². The van der Waals surface area contributed by atoms with Crippen LogP contribution in [0.2, 0.25) is 0 Å². The molecule has 0 saturated carbocycles. The van der Waals surface area contributed by atoms with Crippen molar-refractivity contribution in [1.82, 2.24) is 5.09 Å². The standard InChI is InChI=1S/C9H8NO3P/c11-8-9(10-14(9,12)13-8)6-7-4-2-1-3-5-7/h1-5H,6H2,(H,10,12)/t9-,14?/m1/s1. The average molecular weight is 209 g/mol. The van der Waals surface area contributed by atoms with Gasteiger partial charge in [-0.05, 0) is 5.56 Å². The fourth-order valence-corrected chi connectivity index (χ4v) is 3.74. The summed E-state index contributed by atoms with van der Waals surface area (Å²) in [5.41, 5.74) is 0.995. The van der Waals surface area contributed by atoms with Crippen molar-refractivity contribution in [3.8, 4) is 0 Å². The highest BCUT2D eigenvalue weighted by atomic mass is 31.2. The zero-order valence-electron chi connectivity index (χ0n) is 7.27. The third-order valence-corrected chi connectivity index (χ3v) is 4.97. The van der Waals surface area contributed by atoms with Gasteiger partial charge in [0.05, 0.1) is 0 Å². The van der Waals surface area contributed by atoms with Crippen LogP contribution in [0.4, 0.5) is 0 Å². The van der Waals surface area contributed by atoms with Crippen LogP contribution in [0, 0.1) is 0 Å². The highest BCUT2D eigenvalue weighted by molar-refractivity contribution is 7.70. The molecule has 0 aliphatic carbocycles. The van der Waals surface area contributed by atoms with E-state index in [-0.39, 0.29) is 5.97 Å². The first kappa shape index (κ1) is 8.21. The molecule has 14 heavy (non-hydrogen) atoms. The van der Waals surface area contributed by atoms with Gasteiger partial charge in [0.2, 0.25) is 5.28 Å². The summed E-state index contributed by atoms with van der Waals surface area (Å²) in [6.45, 7) is 0. The van der Waals surface area contributed by atoms with Crippen LogP contribution in [0.5, 0.6) is 0 Å². The van der Waals surface area contributed by atoms with Crippen LogP contribution in [-0.4, -0.2) is 11.2 Å². The van der Waals surface area contributed by atoms with Crippen LogP contribution < -0.4 is 5.09 Å². The lowest BCUT2D eigenvalue weighted by Gasteiger charge is -2.19. The van der Waals surface area contributed by atoms with Crippen molar-refractivity contribution in [1.29, 1.82) is 0 Å². The number of carbonyl (C=O) groups is 1. The molecule has 0 amide bonds. The first-order chi connectivity index (χ1) is 6.66. The van der Waals surface area contributed by atoms with Gasteiger partial charge in [-0.1, -0.05) is 30.3 Å². The van der Waals surface area contributed by atoms with Crippen molar-refractivity contribution < 1.29 is 13.9 Å². The Morgan fingerprint density at radius 1 is 1.36 bits per heavy atom. The Morgan fingerprint density at radius 2 is 2.07 bits per heavy atom. The quantitative estimate of drug-likeness (QED) is 0.588. The number of hydrogen-bond acceptors (Lipinski definition) is 3. The minimum absolute atomic E-state index is 0.385. The van der Waals surface area contributed by atoms with Crippen molar-refractivity contribution in [2.24, 2.45) is 0 Å². The van der Waals surface area contributed by atoms with Gasteiger partial charge >= 0.3 is 13.5 Å². The minimum Gasteiger partial charge on any atom is -0.397 e. The first-order valence-electron chi connectivity index (χ1n) is 4.34. The molecular formula is C9H8NO3P. The van der Waals surface area contributed by atoms with Crippen molar-refractivity contribution in [3.05, 3.63) is 35.9 Å². The lowest BCUT2D eigenvalue weighted by Crippen LogP contribution is -2.35. The van der Waals surface area contributed by atoms with Crippen LogP contribution in [0.3, 0.4) is 0 Å². The smallest absolute Gasteiger partial charge is 0.352 e. The summed E-state index contributed by atoms with van der Waals surface area (Å²) in [4.78, 5) is 11.1. The molecule has 72 valence electrons. The van der Waals surface area contributed by atoms with Gasteiger partial charge in [0.1, 0.15) is 0 Å². The van der Waals surface area contributed by atoms with E-state index in [1.54, 1.807) is 0 Å². The van der Waals surface area contributed by atoms with Gasteiger partial charge in [0, 0.05) is 6.42 Å². The lowest BCUT2D eigenvalue weighted by atomic mass is 10.1. The maximum Gasteiger partial charge on any atom is 0.352 e. The maximum atomic E-state index is 11.5. The molecule has 1 aromatic carbocycles. The topological polar surface area (TPSA) is 65.3 Å². The largest absolute Gasteiger partial charge is 0.397 e. The van der Waals surface area contributed by atoms with Gasteiger partial charge in [-0.25, -0.2) is 9.88 Å². The molecule has 2 fully saturated rings. The van der Waals surface area contributed by atoms with E-state index < -0.39 is 12.8 Å². The number of rotatable bonds is 2. The first-order valence-corrected chi connectivity index (χ1v) is 5.96. The Labute approximate surface area is 80.8 Å². The van der Waals surface area contributed by atoms with E-state index in [2.05, 4.69) is 9.61 Å². The van der Waals surface area contributed by atoms with Gasteiger partial charge in [-0.2, -0.15) is 0 Å². The molecule has 2 aliphatic rings. The van der Waals surface area contributed by atoms with E-state index >= 15 is 0 Å². The normalized spacial score (nSPS) is 38.1. The molecule has 1 unspecified atom stereocenters. The van der Waals surface area contributed by atoms with Crippen molar-refractivity contribution in [2.45, 2.75) is 11.7 Å². The summed E-state index contributed by atoms with van der Waals surface area (Å²) in [6.07, 6.45) is 0.462. The summed E-state index contributed by atoms with van der Waals surface area (Å²) in [6, 6.07) is 9.50. The summed E-state index contributed by atoms with van der Waals surface area (Å²) in [7, 11) is -2.75. The maximum absolute atomic E-state index is 11.5. The predicted octanol–water partition coefficient (Wildman–Crippen LogP) is 1.28. The number of benzene rings is 1. The van der Waals surface area contributed by atoms with E-state index in [1.165, 1.54) is 0 Å². The molecule has 2 atom stereocenters. The lowest BCUT2D eigenvalue weighted by molar-refractivity contribution is -0.139. The summed E-state index contributed by atoms with van der Waals surface area (Å²) >= 11 is 0. The Kier molecular flexibility index (Phi) is 1.33. The van der Waals surface area contributed by atoms with E-state index in [0.29, 0.717) is 6.42 Å². The van der Waals surface area contributed by atoms with E-state index in [4.69, 9.17) is 0 Å². The second-order valence-corrected chi connectivity index (χ2v) is 5.84. The summed E-state index contributed by atoms with van der Waals surface area (Å²) in [5.74, 6) is -0.385. The molecule has 2 aliphatic heterocycles. The molecule has 5 heteroatoms. The molecule has 0 bridgehead atoms. The fraction of sp³-hybridized carbons (Fsp3) is 0.222. The van der Waals surface area contributed by atoms with Gasteiger partial charge in [0.25, 0.3) is 0 Å². The van der Waals surface area contributed by atoms with Crippen molar-refractivity contribution in [3.63, 3.8) is 0 Å². The van der Waals surface area contributed by atoms with E-state index in [1.807, 2.05) is 30.3 Å². The monoisotopic (exact) mass is 209 g/mol. The van der Waals surface area contributed by atoms with Gasteiger partial charge in [0.15, 0.2) is 0 Å². The summed E-state index contributed by atoms with van der Waals surface area (Å²) < 4.78 is 16.1. The molecule has 1 N–H and O–H groups in total. The van der Waals surface area contributed by atoms with Crippen LogP contribution in [0.25, 0.3) is 0 Å². The third-order valence-electron chi connectivity index (χ3n) is 2.64. The molecule has 0 radical (unpaired) electrons. The third kappa shape index (κ3) is 0.825. The number of carbonyl (C=O) groups excluding carboxylic acids is 1. The molecular weight excluding hydrogens is 201 g/mol. The Balaban J connectivity index is 1.88. The predicted molar refractivity (Wildman–Crippen MR) is 49.7 cm³/mol. The summed E-state index contributed by atoms with van der Waals surface area (Å²) in [5, 5.41) is 1.81. The molecule has 2 heterocycles. The highest BCUT2D eigenvalue weighted by Gasteiger charge is 2.83. The number of hydrogen-bond donors (Lipinski definition) is 1. The Hall–Kier alpha value is -1.12. The van der Waals surface area contributed by atoms with Crippen molar-refractivity contribution in [2.75, 3.05) is 0 Å². The fourth-order valence-electron chi connectivity index (χ4n) is 1.75. The number of nitrogens with one attached hydrogen (secondary N) is 1. The van der Waals surface area contributed by atoms with E-state index in [9.17, 15) is 9.36 Å². The molecule has 1 aromatic rings. The molecule has 0 spiro atoms. The van der Waals surface area contributed by atoms with Gasteiger partial charge < -0.3 is 4.52 Å². The van der Waals surface area contributed by atoms with Gasteiger partial charge in [-0.15, -0.1) is 0 Å². The highest BCUT2D eigenvalue weighted by Crippen LogP contribution is 2.79. The number of fused-ring (bicyclic) bond motifs is 1. The van der Waals surface area contributed by atoms with Crippen LogP contribution in [0.1, 0.15) is 5.56 Å². The minimum atomic E-state index is -2.75. The second kappa shape index (κ2) is 2.27. The molecule has 4 nitrogen and oxygen atoms in total.